The topological polar surface area (TPSA) is 35.5 Å². The van der Waals surface area contributed by atoms with Gasteiger partial charge in [-0.2, -0.15) is 0 Å². The van der Waals surface area contributed by atoms with Gasteiger partial charge >= 0.3 is 6.16 Å². The van der Waals surface area contributed by atoms with Crippen molar-refractivity contribution in [2.45, 2.75) is 0 Å². The number of hydrogen-bond donors (Lipinski definition) is 0. The third kappa shape index (κ3) is 9.55. The van der Waals surface area contributed by atoms with Gasteiger partial charge in [0.25, 0.3) is 0 Å². The average molecular weight is 804 g/mol. The van der Waals surface area contributed by atoms with Crippen LogP contribution >= 0.6 is 122 Å². The molecule has 0 aromatic carbocycles. The minimum Gasteiger partial charge on any atom is -0.429 e. The molecule has 92 valence electrons. The van der Waals surface area contributed by atoms with Gasteiger partial charge < -0.3 is 9.47 Å². The molecule has 0 aliphatic rings. The average Bonchev–Trinajstić information content (AvgIpc) is 2.21. The molecule has 0 spiro atoms. The molecule has 0 radical (unpaired) electrons. The van der Waals surface area contributed by atoms with Gasteiger partial charge in [-0.05, 0) is 122 Å². The summed E-state index contributed by atoms with van der Waals surface area (Å²) >= 11 is 14.9. The molecular weight excluding hydrogens is 799 g/mol. The van der Waals surface area contributed by atoms with Gasteiger partial charge in [0, 0.05) is 7.16 Å². The SMILES string of the molecule is O=C(OC/C(I)=C(\Br)I)OC/C(I)=C(/Br)I. The summed E-state index contributed by atoms with van der Waals surface area (Å²) in [7, 11) is 0. The molecule has 0 N–H and O–H groups in total. The number of carbonyl (C=O) groups is 1. The van der Waals surface area contributed by atoms with E-state index in [1.165, 1.54) is 0 Å². The second-order valence-electron chi connectivity index (χ2n) is 2.16. The fraction of sp³-hybridized carbons (Fsp3) is 0.286. The van der Waals surface area contributed by atoms with Crippen LogP contribution in [0.2, 0.25) is 0 Å². The molecule has 0 saturated heterocycles. The Labute approximate surface area is 165 Å². The lowest BCUT2D eigenvalue weighted by Crippen LogP contribution is -2.09. The van der Waals surface area contributed by atoms with E-state index in [1.807, 2.05) is 0 Å². The van der Waals surface area contributed by atoms with Crippen LogP contribution < -0.4 is 0 Å². The fourth-order valence-electron chi connectivity index (χ4n) is 0.395. The highest BCUT2D eigenvalue weighted by atomic mass is 127. The van der Waals surface area contributed by atoms with Crippen LogP contribution in [0.3, 0.4) is 0 Å². The summed E-state index contributed by atoms with van der Waals surface area (Å²) in [6.45, 7) is 0.434. The van der Waals surface area contributed by atoms with E-state index in [0.717, 1.165) is 12.1 Å². The van der Waals surface area contributed by atoms with E-state index < -0.39 is 6.16 Å². The highest BCUT2D eigenvalue weighted by Gasteiger charge is 2.08. The second-order valence-corrected chi connectivity index (χ2v) is 11.5. The molecule has 0 aliphatic heterocycles. The number of hydrogen-bond acceptors (Lipinski definition) is 3. The van der Waals surface area contributed by atoms with Gasteiger partial charge in [0.15, 0.2) is 0 Å². The van der Waals surface area contributed by atoms with Crippen molar-refractivity contribution in [2.75, 3.05) is 13.2 Å². The normalized spacial score (nSPS) is 13.9. The Hall–Kier alpha value is 2.63. The molecule has 0 atom stereocenters. The lowest BCUT2D eigenvalue weighted by Gasteiger charge is -2.05. The third-order valence-electron chi connectivity index (χ3n) is 1.04. The van der Waals surface area contributed by atoms with Crippen LogP contribution in [0, 0.1) is 0 Å². The molecule has 0 rings (SSSR count). The molecule has 0 saturated carbocycles. The highest BCUT2D eigenvalue weighted by molar-refractivity contribution is 14.1. The number of ether oxygens (including phenoxy) is 2. The van der Waals surface area contributed by atoms with E-state index in [-0.39, 0.29) is 13.2 Å². The first-order chi connectivity index (χ1) is 7.34. The number of halogens is 6. The fourth-order valence-corrected chi connectivity index (χ4v) is 1.25. The van der Waals surface area contributed by atoms with Crippen LogP contribution in [0.1, 0.15) is 0 Å². The quantitative estimate of drug-likeness (QED) is 0.259. The van der Waals surface area contributed by atoms with E-state index in [0.29, 0.717) is 0 Å². The van der Waals surface area contributed by atoms with Crippen LogP contribution in [-0.4, -0.2) is 19.4 Å². The van der Waals surface area contributed by atoms with Crippen molar-refractivity contribution in [3.05, 3.63) is 12.1 Å². The molecule has 0 aliphatic carbocycles. The minimum absolute atomic E-state index is 0.217. The lowest BCUT2D eigenvalue weighted by atomic mass is 10.7. The number of carbonyl (C=O) groups excluding carboxylic acids is 1. The molecule has 3 nitrogen and oxygen atoms in total. The van der Waals surface area contributed by atoms with E-state index >= 15 is 0 Å². The second kappa shape index (κ2) is 10.4. The maximum absolute atomic E-state index is 11.2. The maximum atomic E-state index is 11.2. The molecule has 0 amide bonds. The van der Waals surface area contributed by atoms with Crippen molar-refractivity contribution in [1.29, 1.82) is 0 Å². The lowest BCUT2D eigenvalue weighted by molar-refractivity contribution is 0.0712. The molecule has 0 aromatic rings. The number of rotatable bonds is 4. The van der Waals surface area contributed by atoms with E-state index in [2.05, 4.69) is 122 Å². The Morgan fingerprint density at radius 3 is 1.44 bits per heavy atom. The third-order valence-corrected chi connectivity index (χ3v) is 8.55. The molecular formula is C7H4Br2I4O3. The van der Waals surface area contributed by atoms with Gasteiger partial charge in [-0.25, -0.2) is 4.79 Å². The van der Waals surface area contributed by atoms with Crippen molar-refractivity contribution in [1.82, 2.24) is 0 Å². The Bertz CT molecular complexity index is 292. The van der Waals surface area contributed by atoms with E-state index in [1.54, 1.807) is 0 Å². The molecule has 0 aromatic heterocycles. The Kier molecular flexibility index (Phi) is 12.1. The zero-order valence-electron chi connectivity index (χ0n) is 7.41. The van der Waals surface area contributed by atoms with Crippen molar-refractivity contribution in [2.24, 2.45) is 0 Å². The van der Waals surface area contributed by atoms with Gasteiger partial charge in [-0.1, -0.05) is 0 Å². The van der Waals surface area contributed by atoms with Gasteiger partial charge in [-0.15, -0.1) is 0 Å². The molecule has 0 bridgehead atoms. The standard InChI is InChI=1S/C7H4Br2I4O3/c8-5(12)3(10)1-15-7(14)16-2-4(11)6(9)13/h1-2H2/b5-3-,6-4+. The Morgan fingerprint density at radius 1 is 0.875 bits per heavy atom. The Morgan fingerprint density at radius 2 is 1.19 bits per heavy atom. The van der Waals surface area contributed by atoms with Crippen LogP contribution in [0.5, 0.6) is 0 Å². The summed E-state index contributed by atoms with van der Waals surface area (Å²) < 4.78 is 13.4. The zero-order chi connectivity index (χ0) is 12.7. The smallest absolute Gasteiger partial charge is 0.429 e. The predicted octanol–water partition coefficient (Wildman–Crippen LogP) is 6.01. The van der Waals surface area contributed by atoms with Crippen molar-refractivity contribution >= 4 is 128 Å². The summed E-state index contributed by atoms with van der Waals surface area (Å²) in [4.78, 5) is 11.2. The van der Waals surface area contributed by atoms with Crippen molar-refractivity contribution in [3.63, 3.8) is 0 Å². The van der Waals surface area contributed by atoms with Gasteiger partial charge in [0.2, 0.25) is 0 Å². The summed E-state index contributed by atoms with van der Waals surface area (Å²) in [6.07, 6.45) is -0.668. The van der Waals surface area contributed by atoms with Crippen LogP contribution in [-0.2, 0) is 9.47 Å². The molecule has 0 unspecified atom stereocenters. The zero-order valence-corrected chi connectivity index (χ0v) is 19.2. The van der Waals surface area contributed by atoms with Gasteiger partial charge in [-0.3, -0.25) is 0 Å². The first-order valence-electron chi connectivity index (χ1n) is 3.53. The van der Waals surface area contributed by atoms with Gasteiger partial charge in [0.1, 0.15) is 13.2 Å². The summed E-state index contributed by atoms with van der Waals surface area (Å²) in [5, 5.41) is 0. The molecule has 9 heteroatoms. The molecule has 0 heterocycles. The first kappa shape index (κ1) is 18.6. The predicted molar refractivity (Wildman–Crippen MR) is 105 cm³/mol. The molecule has 16 heavy (non-hydrogen) atoms. The Balaban J connectivity index is 3.95. The summed E-state index contributed by atoms with van der Waals surface area (Å²) in [5.74, 6) is 0. The monoisotopic (exact) mass is 801 g/mol. The summed E-state index contributed by atoms with van der Waals surface area (Å²) in [6, 6.07) is 0. The van der Waals surface area contributed by atoms with E-state index in [9.17, 15) is 4.79 Å². The largest absolute Gasteiger partial charge is 0.508 e. The van der Waals surface area contributed by atoms with Crippen LogP contribution in [0.4, 0.5) is 4.79 Å². The molecule has 0 fully saturated rings. The van der Waals surface area contributed by atoms with Crippen molar-refractivity contribution < 1.29 is 14.3 Å². The van der Waals surface area contributed by atoms with Crippen molar-refractivity contribution in [3.8, 4) is 0 Å². The van der Waals surface area contributed by atoms with Crippen LogP contribution in [0.25, 0.3) is 0 Å². The maximum Gasteiger partial charge on any atom is 0.508 e. The highest BCUT2D eigenvalue weighted by Crippen LogP contribution is 2.26. The summed E-state index contributed by atoms with van der Waals surface area (Å²) in [5.41, 5.74) is 0. The van der Waals surface area contributed by atoms with Crippen LogP contribution in [0.15, 0.2) is 12.1 Å². The minimum atomic E-state index is -0.668. The van der Waals surface area contributed by atoms with E-state index in [4.69, 9.17) is 9.47 Å². The van der Waals surface area contributed by atoms with Gasteiger partial charge in [0.05, 0.1) is 4.98 Å². The first-order valence-corrected chi connectivity index (χ1v) is 9.43.